The van der Waals surface area contributed by atoms with Gasteiger partial charge in [-0.05, 0) is 93.6 Å². The number of nitrogens with two attached hydrogens (primary N) is 1. The number of fused-ring (bicyclic) bond motifs is 1. The fourth-order valence-electron chi connectivity index (χ4n) is 8.97. The maximum absolute atomic E-state index is 7.21. The number of benzene rings is 2. The molecule has 0 bridgehead atoms. The van der Waals surface area contributed by atoms with Crippen LogP contribution in [0, 0.1) is 19.8 Å². The smallest absolute Gasteiger partial charge is 0.319 e. The molecule has 10 nitrogen and oxygen atoms in total. The third-order valence-electron chi connectivity index (χ3n) is 12.0. The minimum Gasteiger partial charge on any atom is -0.475 e. The molecule has 3 aliphatic heterocycles. The minimum atomic E-state index is -0.185. The molecule has 2 aromatic carbocycles. The van der Waals surface area contributed by atoms with Gasteiger partial charge in [-0.25, -0.2) is 9.97 Å². The summed E-state index contributed by atoms with van der Waals surface area (Å²) < 4.78 is 15.0. The molecule has 2 saturated heterocycles. The van der Waals surface area contributed by atoms with Crippen molar-refractivity contribution >= 4 is 56.4 Å². The van der Waals surface area contributed by atoms with E-state index in [2.05, 4.69) is 85.7 Å². The molecule has 3 aliphatic rings. The SMILES string of the molecule is [B]c1c(-c2cc(N([B])B(C)Cc3ccccc3)cc(C)c2C)nc2c3c(nc(OC[C@@]45CCCN4CC(C)C5)nc13)N(C(C)c1cccnc1N)CCO2. The van der Waals surface area contributed by atoms with Crippen molar-refractivity contribution in [2.45, 2.75) is 71.7 Å². The van der Waals surface area contributed by atoms with Gasteiger partial charge in [0.25, 0.3) is 0 Å². The zero-order chi connectivity index (χ0) is 37.7. The molecule has 8 rings (SSSR count). The van der Waals surface area contributed by atoms with Gasteiger partial charge in [0.1, 0.15) is 38.1 Å². The highest BCUT2D eigenvalue weighted by atomic mass is 16.5. The number of nitrogen functional groups attached to an aromatic ring is 1. The summed E-state index contributed by atoms with van der Waals surface area (Å²) in [5.41, 5.74) is 13.9. The third kappa shape index (κ3) is 6.54. The number of nitrogens with zero attached hydrogens (tertiary/aromatic N) is 7. The van der Waals surface area contributed by atoms with E-state index in [0.717, 1.165) is 60.2 Å². The molecule has 3 atom stereocenters. The van der Waals surface area contributed by atoms with Crippen molar-refractivity contribution in [1.29, 1.82) is 0 Å². The molecular formula is C41H47B3N8O2. The Kier molecular flexibility index (Phi) is 9.71. The Hall–Kier alpha value is -4.77. The van der Waals surface area contributed by atoms with Gasteiger partial charge < -0.3 is 24.8 Å². The van der Waals surface area contributed by atoms with Crippen molar-refractivity contribution in [2.75, 3.05) is 48.2 Å². The molecular weight excluding hydrogens is 669 g/mol. The first-order valence-electron chi connectivity index (χ1n) is 19.2. The molecule has 0 aliphatic carbocycles. The molecule has 13 heteroatoms. The summed E-state index contributed by atoms with van der Waals surface area (Å²) in [5, 5.41) is 0.646. The Morgan fingerprint density at radius 1 is 1.11 bits per heavy atom. The lowest BCUT2D eigenvalue weighted by Gasteiger charge is -2.32. The van der Waals surface area contributed by atoms with Crippen LogP contribution in [0.1, 0.15) is 61.4 Å². The summed E-state index contributed by atoms with van der Waals surface area (Å²) in [6.07, 6.45) is 5.88. The maximum Gasteiger partial charge on any atom is 0.319 e. The van der Waals surface area contributed by atoms with E-state index in [1.165, 1.54) is 12.0 Å². The van der Waals surface area contributed by atoms with Crippen molar-refractivity contribution in [1.82, 2.24) is 24.8 Å². The Balaban J connectivity index is 1.24. The minimum absolute atomic E-state index is 0.00691. The molecule has 272 valence electrons. The van der Waals surface area contributed by atoms with Crippen LogP contribution in [0.5, 0.6) is 11.9 Å². The van der Waals surface area contributed by atoms with E-state index < -0.39 is 0 Å². The molecule has 6 heterocycles. The van der Waals surface area contributed by atoms with Gasteiger partial charge >= 0.3 is 6.01 Å². The molecule has 2 N–H and O–H groups in total. The molecule has 5 aromatic rings. The molecule has 0 amide bonds. The average Bonchev–Trinajstić information content (AvgIpc) is 3.63. The zero-order valence-electron chi connectivity index (χ0n) is 32.0. The van der Waals surface area contributed by atoms with E-state index >= 15 is 0 Å². The van der Waals surface area contributed by atoms with Crippen LogP contribution in [0.3, 0.4) is 0 Å². The standard InChI is InChI=1S/C41H47B3N8O2/c1-25-21-41(14-10-16-50(41)23-25)24-54-40-48-36-33-38(49-40)51(28(4)31-13-9-15-46-37(31)45)17-18-53-39(33)47-35(34(36)42)32-20-30(19-26(2)27(32)3)52(43)44(5)22-29-11-7-6-8-12-29/h6-9,11-13,15,19-20,25,28H,10,14,16-18,21-24H2,1-5H3,(H2,45,46)/t25?,28?,41-/m0/s1. The second-order valence-corrected chi connectivity index (χ2v) is 15.7. The van der Waals surface area contributed by atoms with E-state index in [9.17, 15) is 0 Å². The van der Waals surface area contributed by atoms with Crippen LogP contribution in [-0.2, 0) is 6.32 Å². The summed E-state index contributed by atoms with van der Waals surface area (Å²) in [4.78, 5) is 24.5. The van der Waals surface area contributed by atoms with Crippen LogP contribution in [0.4, 0.5) is 17.3 Å². The summed E-state index contributed by atoms with van der Waals surface area (Å²) >= 11 is 0. The Labute approximate surface area is 321 Å². The number of hydrogen-bond acceptors (Lipinski definition) is 10. The number of ether oxygens (including phenoxy) is 2. The van der Waals surface area contributed by atoms with E-state index in [0.29, 0.717) is 65.3 Å². The maximum atomic E-state index is 7.21. The van der Waals surface area contributed by atoms with E-state index in [1.807, 2.05) is 22.9 Å². The molecule has 2 fully saturated rings. The number of aryl methyl sites for hydroxylation is 1. The first-order valence-corrected chi connectivity index (χ1v) is 19.2. The Bertz CT molecular complexity index is 2190. The van der Waals surface area contributed by atoms with Gasteiger partial charge in [-0.2, -0.15) is 9.97 Å². The number of rotatable bonds is 10. The second-order valence-electron chi connectivity index (χ2n) is 15.7. The van der Waals surface area contributed by atoms with Crippen LogP contribution in [0.2, 0.25) is 6.82 Å². The second kappa shape index (κ2) is 14.5. The monoisotopic (exact) mass is 716 g/mol. The van der Waals surface area contributed by atoms with Crippen molar-refractivity contribution in [3.8, 4) is 23.1 Å². The first kappa shape index (κ1) is 36.2. The van der Waals surface area contributed by atoms with E-state index in [-0.39, 0.29) is 24.4 Å². The normalized spacial score (nSPS) is 20.0. The van der Waals surface area contributed by atoms with Gasteiger partial charge in [0.05, 0.1) is 29.3 Å². The van der Waals surface area contributed by atoms with Gasteiger partial charge in [-0.15, -0.1) is 0 Å². The predicted molar refractivity (Wildman–Crippen MR) is 220 cm³/mol. The molecule has 0 spiro atoms. The molecule has 4 radical (unpaired) electrons. The predicted octanol–water partition coefficient (Wildman–Crippen LogP) is 5.59. The highest BCUT2D eigenvalue weighted by Gasteiger charge is 2.48. The molecule has 3 aromatic heterocycles. The lowest BCUT2D eigenvalue weighted by Crippen LogP contribution is -2.43. The van der Waals surface area contributed by atoms with Crippen molar-refractivity contribution < 1.29 is 9.47 Å². The van der Waals surface area contributed by atoms with Gasteiger partial charge in [-0.3, -0.25) is 4.90 Å². The summed E-state index contributed by atoms with van der Waals surface area (Å²) in [6.45, 7) is 14.4. The van der Waals surface area contributed by atoms with Gasteiger partial charge in [0, 0.05) is 29.6 Å². The van der Waals surface area contributed by atoms with Crippen molar-refractivity contribution in [3.05, 3.63) is 83.0 Å². The molecule has 0 saturated carbocycles. The fourth-order valence-corrected chi connectivity index (χ4v) is 8.97. The number of aromatic nitrogens is 4. The lowest BCUT2D eigenvalue weighted by molar-refractivity contribution is 0.107. The van der Waals surface area contributed by atoms with Gasteiger partial charge in [-0.1, -0.05) is 55.7 Å². The van der Waals surface area contributed by atoms with Gasteiger partial charge in [0.2, 0.25) is 20.7 Å². The lowest BCUT2D eigenvalue weighted by atomic mass is 9.56. The summed E-state index contributed by atoms with van der Waals surface area (Å²) in [6, 6.07) is 18.6. The number of anilines is 3. The van der Waals surface area contributed by atoms with E-state index in [4.69, 9.17) is 46.0 Å². The van der Waals surface area contributed by atoms with Crippen molar-refractivity contribution in [2.24, 2.45) is 5.92 Å². The highest BCUT2D eigenvalue weighted by Crippen LogP contribution is 2.43. The molecule has 54 heavy (non-hydrogen) atoms. The summed E-state index contributed by atoms with van der Waals surface area (Å²) in [7, 11) is 14.0. The van der Waals surface area contributed by atoms with Gasteiger partial charge in [0.15, 0.2) is 0 Å². The summed E-state index contributed by atoms with van der Waals surface area (Å²) in [5.74, 6) is 2.17. The van der Waals surface area contributed by atoms with Crippen LogP contribution in [-0.4, -0.2) is 85.9 Å². The fraction of sp³-hybridized carbons (Fsp3) is 0.415. The van der Waals surface area contributed by atoms with Crippen LogP contribution >= 0.6 is 0 Å². The van der Waals surface area contributed by atoms with Crippen LogP contribution < -0.4 is 30.3 Å². The Morgan fingerprint density at radius 2 is 1.93 bits per heavy atom. The van der Waals surface area contributed by atoms with Crippen LogP contribution in [0.15, 0.2) is 60.8 Å². The molecule has 2 unspecified atom stereocenters. The van der Waals surface area contributed by atoms with E-state index in [1.54, 1.807) is 6.20 Å². The third-order valence-corrected chi connectivity index (χ3v) is 12.0. The largest absolute Gasteiger partial charge is 0.475 e. The van der Waals surface area contributed by atoms with Crippen LogP contribution in [0.25, 0.3) is 22.2 Å². The average molecular weight is 716 g/mol. The first-order chi connectivity index (χ1) is 26.0. The topological polar surface area (TPSA) is 106 Å². The zero-order valence-corrected chi connectivity index (χ0v) is 32.0. The highest BCUT2D eigenvalue weighted by molar-refractivity contribution is 6.69. The number of pyridine rings is 2. The number of hydrogen-bond donors (Lipinski definition) is 1. The Morgan fingerprint density at radius 3 is 2.72 bits per heavy atom. The van der Waals surface area contributed by atoms with Crippen molar-refractivity contribution in [3.63, 3.8) is 0 Å². The quantitative estimate of drug-likeness (QED) is 0.184.